The first-order valence-corrected chi connectivity index (χ1v) is 6.30. The molecule has 2 rings (SSSR count). The molecule has 0 radical (unpaired) electrons. The van der Waals surface area contributed by atoms with Gasteiger partial charge in [-0.15, -0.1) is 0 Å². The number of methoxy groups -OCH3 is 1. The Labute approximate surface area is 121 Å². The summed E-state index contributed by atoms with van der Waals surface area (Å²) in [7, 11) is 1.61. The second-order valence-corrected chi connectivity index (χ2v) is 4.49. The van der Waals surface area contributed by atoms with Crippen molar-refractivity contribution in [1.29, 1.82) is 0 Å². The van der Waals surface area contributed by atoms with Gasteiger partial charge in [0.2, 0.25) is 0 Å². The molecule has 0 fully saturated rings. The van der Waals surface area contributed by atoms with Crippen molar-refractivity contribution in [3.8, 4) is 5.75 Å². The Morgan fingerprint density at radius 3 is 2.68 bits per heavy atom. The molecule has 0 bridgehead atoms. The first-order chi connectivity index (χ1) is 9.19. The summed E-state index contributed by atoms with van der Waals surface area (Å²) in [6, 6.07) is 11.0. The number of aromatic nitrogens is 1. The smallest absolute Gasteiger partial charge is 0.176 e. The third-order valence-corrected chi connectivity index (χ3v) is 2.75. The topological polar surface area (TPSA) is 46.2 Å². The van der Waals surface area contributed by atoms with Crippen molar-refractivity contribution in [2.24, 2.45) is 0 Å². The number of thiocarbonyl (C=S) groups is 1. The first-order valence-electron chi connectivity index (χ1n) is 5.51. The lowest BCUT2D eigenvalue weighted by molar-refractivity contribution is 0.417. The zero-order valence-corrected chi connectivity index (χ0v) is 11.8. The van der Waals surface area contributed by atoms with Crippen LogP contribution in [0, 0.1) is 0 Å². The monoisotopic (exact) mass is 293 g/mol. The van der Waals surface area contributed by atoms with E-state index in [0.717, 1.165) is 11.4 Å². The second-order valence-electron chi connectivity index (χ2n) is 3.64. The summed E-state index contributed by atoms with van der Waals surface area (Å²) in [6.45, 7) is 0. The van der Waals surface area contributed by atoms with Gasteiger partial charge in [0.25, 0.3) is 0 Å². The molecule has 98 valence electrons. The van der Waals surface area contributed by atoms with Gasteiger partial charge >= 0.3 is 0 Å². The Bertz CT molecular complexity index is 574. The number of nitrogens with one attached hydrogen (secondary N) is 2. The first kappa shape index (κ1) is 13.6. The van der Waals surface area contributed by atoms with E-state index in [0.29, 0.717) is 16.0 Å². The van der Waals surface area contributed by atoms with Crippen LogP contribution in [-0.4, -0.2) is 17.2 Å². The van der Waals surface area contributed by atoms with Crippen LogP contribution in [0.5, 0.6) is 5.75 Å². The molecule has 0 saturated heterocycles. The van der Waals surface area contributed by atoms with Crippen molar-refractivity contribution in [1.82, 2.24) is 4.98 Å². The summed E-state index contributed by atoms with van der Waals surface area (Å²) in [5, 5.41) is 7.02. The lowest BCUT2D eigenvalue weighted by Gasteiger charge is -2.12. The van der Waals surface area contributed by atoms with Crippen molar-refractivity contribution in [3.05, 3.63) is 47.6 Å². The van der Waals surface area contributed by atoms with Gasteiger partial charge in [-0.05, 0) is 36.5 Å². The van der Waals surface area contributed by atoms with Crippen LogP contribution < -0.4 is 15.4 Å². The third kappa shape index (κ3) is 3.81. The Kier molecular flexibility index (Phi) is 4.54. The molecule has 0 unspecified atom stereocenters. The molecule has 1 heterocycles. The largest absolute Gasteiger partial charge is 0.495 e. The highest BCUT2D eigenvalue weighted by Gasteiger charge is 2.04. The number of anilines is 2. The van der Waals surface area contributed by atoms with Crippen LogP contribution in [0.15, 0.2) is 42.6 Å². The van der Waals surface area contributed by atoms with Crippen molar-refractivity contribution >= 4 is 40.4 Å². The molecule has 1 aromatic heterocycles. The molecular formula is C13H12ClN3OS. The highest BCUT2D eigenvalue weighted by atomic mass is 35.5. The molecule has 2 aromatic rings. The molecule has 0 atom stereocenters. The zero-order chi connectivity index (χ0) is 13.7. The molecule has 4 nitrogen and oxygen atoms in total. The van der Waals surface area contributed by atoms with E-state index in [1.807, 2.05) is 24.3 Å². The van der Waals surface area contributed by atoms with Crippen LogP contribution >= 0.6 is 23.8 Å². The van der Waals surface area contributed by atoms with E-state index in [4.69, 9.17) is 28.6 Å². The maximum atomic E-state index is 5.76. The SMILES string of the molecule is COc1ccccc1NC(=S)Nc1ccc(Cl)cn1. The predicted molar refractivity (Wildman–Crippen MR) is 82.1 cm³/mol. The average molecular weight is 294 g/mol. The standard InChI is InChI=1S/C13H12ClN3OS/c1-18-11-5-3-2-4-10(11)16-13(19)17-12-7-6-9(14)8-15-12/h2-8H,1H3,(H2,15,16,17,19). The van der Waals surface area contributed by atoms with Gasteiger partial charge in [-0.1, -0.05) is 23.7 Å². The molecule has 0 spiro atoms. The van der Waals surface area contributed by atoms with Gasteiger partial charge < -0.3 is 15.4 Å². The molecule has 6 heteroatoms. The van der Waals surface area contributed by atoms with Gasteiger partial charge in [-0.3, -0.25) is 0 Å². The highest BCUT2D eigenvalue weighted by Crippen LogP contribution is 2.23. The minimum atomic E-state index is 0.430. The summed E-state index contributed by atoms with van der Waals surface area (Å²) in [5.41, 5.74) is 0.788. The van der Waals surface area contributed by atoms with E-state index in [2.05, 4.69) is 15.6 Å². The van der Waals surface area contributed by atoms with Crippen LogP contribution in [-0.2, 0) is 0 Å². The van der Waals surface area contributed by atoms with Crippen molar-refractivity contribution in [3.63, 3.8) is 0 Å². The van der Waals surface area contributed by atoms with Crippen LogP contribution in [0.2, 0.25) is 5.02 Å². The zero-order valence-electron chi connectivity index (χ0n) is 10.2. The molecule has 19 heavy (non-hydrogen) atoms. The number of ether oxygens (including phenoxy) is 1. The number of benzene rings is 1. The molecule has 2 N–H and O–H groups in total. The maximum Gasteiger partial charge on any atom is 0.176 e. The van der Waals surface area contributed by atoms with Gasteiger partial charge in [0.15, 0.2) is 5.11 Å². The number of pyridine rings is 1. The predicted octanol–water partition coefficient (Wildman–Crippen LogP) is 3.55. The molecule has 1 aromatic carbocycles. The molecule has 0 aliphatic rings. The number of rotatable bonds is 3. The van der Waals surface area contributed by atoms with Gasteiger partial charge in [-0.2, -0.15) is 0 Å². The van der Waals surface area contributed by atoms with E-state index in [9.17, 15) is 0 Å². The highest BCUT2D eigenvalue weighted by molar-refractivity contribution is 7.80. The fourth-order valence-corrected chi connectivity index (χ4v) is 1.79. The number of hydrogen-bond acceptors (Lipinski definition) is 3. The lowest BCUT2D eigenvalue weighted by Crippen LogP contribution is -2.20. The van der Waals surface area contributed by atoms with Crippen LogP contribution in [0.4, 0.5) is 11.5 Å². The molecule has 0 amide bonds. The Morgan fingerprint density at radius 1 is 1.21 bits per heavy atom. The van der Waals surface area contributed by atoms with Crippen molar-refractivity contribution in [2.45, 2.75) is 0 Å². The second kappa shape index (κ2) is 6.36. The van der Waals surface area contributed by atoms with Gasteiger partial charge in [-0.25, -0.2) is 4.98 Å². The van der Waals surface area contributed by atoms with Crippen LogP contribution in [0.3, 0.4) is 0 Å². The number of halogens is 1. The Hall–Kier alpha value is -1.85. The Balaban J connectivity index is 2.03. The molecule has 0 saturated carbocycles. The minimum Gasteiger partial charge on any atom is -0.495 e. The lowest BCUT2D eigenvalue weighted by atomic mass is 10.3. The fourth-order valence-electron chi connectivity index (χ4n) is 1.47. The van der Waals surface area contributed by atoms with Crippen molar-refractivity contribution in [2.75, 3.05) is 17.7 Å². The van der Waals surface area contributed by atoms with E-state index >= 15 is 0 Å². The van der Waals surface area contributed by atoms with Crippen LogP contribution in [0.1, 0.15) is 0 Å². The van der Waals surface area contributed by atoms with Gasteiger partial charge in [0.1, 0.15) is 11.6 Å². The molecule has 0 aliphatic carbocycles. The van der Waals surface area contributed by atoms with E-state index in [-0.39, 0.29) is 0 Å². The third-order valence-electron chi connectivity index (χ3n) is 2.32. The number of nitrogens with zero attached hydrogens (tertiary/aromatic N) is 1. The summed E-state index contributed by atoms with van der Waals surface area (Å²) in [4.78, 5) is 4.10. The van der Waals surface area contributed by atoms with E-state index in [1.165, 1.54) is 0 Å². The van der Waals surface area contributed by atoms with Crippen molar-refractivity contribution < 1.29 is 4.74 Å². The minimum absolute atomic E-state index is 0.430. The number of para-hydroxylation sites is 2. The molecular weight excluding hydrogens is 282 g/mol. The summed E-state index contributed by atoms with van der Waals surface area (Å²) in [6.07, 6.45) is 1.55. The summed E-state index contributed by atoms with van der Waals surface area (Å²) >= 11 is 11.0. The van der Waals surface area contributed by atoms with Crippen LogP contribution in [0.25, 0.3) is 0 Å². The normalized spacial score (nSPS) is 9.79. The maximum absolute atomic E-state index is 5.76. The van der Waals surface area contributed by atoms with E-state index in [1.54, 1.807) is 25.4 Å². The van der Waals surface area contributed by atoms with E-state index < -0.39 is 0 Å². The number of hydrogen-bond donors (Lipinski definition) is 2. The quantitative estimate of drug-likeness (QED) is 0.848. The van der Waals surface area contributed by atoms with Gasteiger partial charge in [0, 0.05) is 6.20 Å². The molecule has 0 aliphatic heterocycles. The summed E-state index contributed by atoms with van der Waals surface area (Å²) < 4.78 is 5.23. The fraction of sp³-hybridized carbons (Fsp3) is 0.0769. The summed E-state index contributed by atoms with van der Waals surface area (Å²) in [5.74, 6) is 1.34. The van der Waals surface area contributed by atoms with Gasteiger partial charge in [0.05, 0.1) is 17.8 Å². The average Bonchev–Trinajstić information content (AvgIpc) is 2.42. The Morgan fingerprint density at radius 2 is 2.00 bits per heavy atom.